The number of nitrogens with zero attached hydrogens (tertiary/aromatic N) is 1. The molecule has 1 aromatic rings. The summed E-state index contributed by atoms with van der Waals surface area (Å²) in [5.74, 6) is -0.268. The normalized spacial score (nSPS) is 20.3. The lowest BCUT2D eigenvalue weighted by atomic mass is 9.91. The van der Waals surface area contributed by atoms with Crippen LogP contribution in [0.3, 0.4) is 0 Å². The highest BCUT2D eigenvalue weighted by molar-refractivity contribution is 6.00. The summed E-state index contributed by atoms with van der Waals surface area (Å²) in [5.41, 5.74) is 2.06. The zero-order chi connectivity index (χ0) is 25.0. The Bertz CT molecular complexity index is 869. The van der Waals surface area contributed by atoms with Crippen molar-refractivity contribution in [3.63, 3.8) is 0 Å². The first-order valence-corrected chi connectivity index (χ1v) is 12.8. The number of amides is 3. The summed E-state index contributed by atoms with van der Waals surface area (Å²) < 4.78 is 5.61. The molecule has 0 saturated heterocycles. The molecule has 1 aromatic carbocycles. The van der Waals surface area contributed by atoms with Crippen LogP contribution in [0.25, 0.3) is 0 Å². The lowest BCUT2D eigenvalue weighted by Gasteiger charge is -2.28. The van der Waals surface area contributed by atoms with Crippen LogP contribution in [0.2, 0.25) is 0 Å². The number of benzene rings is 1. The molecular weight excluding hydrogens is 448 g/mol. The van der Waals surface area contributed by atoms with Gasteiger partial charge in [-0.3, -0.25) is 14.4 Å². The monoisotopic (exact) mass is 486 g/mol. The zero-order valence-corrected chi connectivity index (χ0v) is 20.6. The van der Waals surface area contributed by atoms with Crippen molar-refractivity contribution in [3.8, 4) is 0 Å². The molecule has 9 nitrogen and oxygen atoms in total. The van der Waals surface area contributed by atoms with Crippen molar-refractivity contribution >= 4 is 30.2 Å². The number of ether oxygens (including phenoxy) is 1. The number of carbonyl (C=O) groups is 4. The van der Waals surface area contributed by atoms with Crippen LogP contribution in [0.1, 0.15) is 74.2 Å². The Morgan fingerprint density at radius 1 is 1.17 bits per heavy atom. The summed E-state index contributed by atoms with van der Waals surface area (Å²) in [4.78, 5) is 48.4. The fourth-order valence-corrected chi connectivity index (χ4v) is 4.81. The number of nitrogens with one attached hydrogen (secondary N) is 3. The molecule has 1 aliphatic carbocycles. The first-order valence-electron chi connectivity index (χ1n) is 12.8. The topological polar surface area (TPSA) is 117 Å². The number of anilines is 1. The molecule has 1 unspecified atom stereocenters. The minimum Gasteiger partial charge on any atom is -0.381 e. The van der Waals surface area contributed by atoms with Crippen molar-refractivity contribution < 1.29 is 23.9 Å². The second-order valence-electron chi connectivity index (χ2n) is 9.35. The summed E-state index contributed by atoms with van der Waals surface area (Å²) in [6.07, 6.45) is 8.39. The van der Waals surface area contributed by atoms with Gasteiger partial charge in [0, 0.05) is 36.5 Å². The van der Waals surface area contributed by atoms with Gasteiger partial charge >= 0.3 is 0 Å². The molecule has 3 amide bonds. The van der Waals surface area contributed by atoms with Gasteiger partial charge in [-0.25, -0.2) is 0 Å². The molecule has 3 rings (SSSR count). The highest BCUT2D eigenvalue weighted by Gasteiger charge is 2.32. The molecule has 35 heavy (non-hydrogen) atoms. The van der Waals surface area contributed by atoms with Crippen LogP contribution in [0.15, 0.2) is 18.2 Å². The van der Waals surface area contributed by atoms with E-state index in [9.17, 15) is 19.2 Å². The van der Waals surface area contributed by atoms with Crippen LogP contribution in [0.5, 0.6) is 0 Å². The number of hydrogen-bond acceptors (Lipinski definition) is 6. The van der Waals surface area contributed by atoms with Gasteiger partial charge in [-0.1, -0.05) is 13.3 Å². The van der Waals surface area contributed by atoms with Crippen LogP contribution in [0.4, 0.5) is 5.69 Å². The quantitative estimate of drug-likeness (QED) is 0.259. The van der Waals surface area contributed by atoms with E-state index in [4.69, 9.17) is 4.74 Å². The fraction of sp³-hybridized carbons (Fsp3) is 0.615. The minimum absolute atomic E-state index is 0.131. The molecule has 0 bridgehead atoms. The Morgan fingerprint density at radius 3 is 2.66 bits per heavy atom. The molecule has 1 fully saturated rings. The Hall–Kier alpha value is -2.78. The van der Waals surface area contributed by atoms with Crippen LogP contribution >= 0.6 is 0 Å². The second-order valence-corrected chi connectivity index (χ2v) is 9.35. The predicted molar refractivity (Wildman–Crippen MR) is 133 cm³/mol. The molecule has 1 atom stereocenters. The lowest BCUT2D eigenvalue weighted by Crippen LogP contribution is -2.39. The third kappa shape index (κ3) is 7.86. The van der Waals surface area contributed by atoms with E-state index in [2.05, 4.69) is 16.0 Å². The van der Waals surface area contributed by atoms with Crippen LogP contribution in [0, 0.1) is 0 Å². The van der Waals surface area contributed by atoms with Gasteiger partial charge in [0.2, 0.25) is 12.3 Å². The van der Waals surface area contributed by atoms with E-state index < -0.39 is 6.04 Å². The van der Waals surface area contributed by atoms with Crippen molar-refractivity contribution in [2.24, 2.45) is 0 Å². The number of carbonyl (C=O) groups excluding carboxylic acids is 4. The van der Waals surface area contributed by atoms with E-state index in [-0.39, 0.29) is 18.2 Å². The smallest absolute Gasteiger partial charge is 0.255 e. The maximum atomic E-state index is 12.6. The van der Waals surface area contributed by atoms with Gasteiger partial charge in [0.25, 0.3) is 5.91 Å². The average Bonchev–Trinajstić information content (AvgIpc) is 3.18. The van der Waals surface area contributed by atoms with Gasteiger partial charge in [0.05, 0.1) is 19.1 Å². The first kappa shape index (κ1) is 26.8. The Balaban J connectivity index is 1.30. The highest BCUT2D eigenvalue weighted by atomic mass is 16.5. The summed E-state index contributed by atoms with van der Waals surface area (Å²) in [6.45, 7) is 4.19. The van der Waals surface area contributed by atoms with Gasteiger partial charge in [-0.15, -0.1) is 0 Å². The lowest BCUT2D eigenvalue weighted by molar-refractivity contribution is -0.117. The molecule has 2 aliphatic rings. The summed E-state index contributed by atoms with van der Waals surface area (Å²) in [5, 5.41) is 9.26. The van der Waals surface area contributed by atoms with Crippen molar-refractivity contribution in [1.29, 1.82) is 0 Å². The minimum atomic E-state index is -0.411. The molecule has 9 heteroatoms. The molecule has 0 radical (unpaired) electrons. The highest BCUT2D eigenvalue weighted by Crippen LogP contribution is 2.28. The van der Waals surface area contributed by atoms with Crippen LogP contribution in [-0.2, 0) is 25.7 Å². The largest absolute Gasteiger partial charge is 0.381 e. The van der Waals surface area contributed by atoms with Gasteiger partial charge < -0.3 is 30.4 Å². The standard InChI is InChI=1S/C26H38N4O5/c1-2-4-23(17-31)30-16-19-15-22(9-10-24(19)26(30)34)29-25(33)11-14-35-13-3-12-27-20-5-7-21(8-6-20)28-18-32/h9-10,15,17-18,20-21,23,27H,2-8,11-14,16H2,1H3,(H,28,32)(H,29,33)/t20-,21+,23?. The number of rotatable bonds is 15. The van der Waals surface area contributed by atoms with E-state index in [1.54, 1.807) is 17.0 Å². The second kappa shape index (κ2) is 13.9. The van der Waals surface area contributed by atoms with Crippen molar-refractivity contribution in [1.82, 2.24) is 15.5 Å². The number of fused-ring (bicyclic) bond motifs is 1. The van der Waals surface area contributed by atoms with Gasteiger partial charge in [-0.05, 0) is 68.8 Å². The van der Waals surface area contributed by atoms with E-state index in [1.807, 2.05) is 13.0 Å². The molecule has 0 spiro atoms. The Morgan fingerprint density at radius 2 is 1.94 bits per heavy atom. The van der Waals surface area contributed by atoms with Gasteiger partial charge in [-0.2, -0.15) is 0 Å². The summed E-state index contributed by atoms with van der Waals surface area (Å²) >= 11 is 0. The average molecular weight is 487 g/mol. The SMILES string of the molecule is CCCC(C=O)N1Cc2cc(NC(=O)CCOCCCN[C@H]3CC[C@@H](NC=O)CC3)ccc2C1=O. The Labute approximate surface area is 207 Å². The van der Waals surface area contributed by atoms with E-state index in [0.29, 0.717) is 49.5 Å². The number of hydrogen-bond donors (Lipinski definition) is 3. The molecule has 3 N–H and O–H groups in total. The number of aldehydes is 1. The first-order chi connectivity index (χ1) is 17.0. The van der Waals surface area contributed by atoms with Crippen molar-refractivity contribution in [2.45, 2.75) is 83.0 Å². The fourth-order valence-electron chi connectivity index (χ4n) is 4.81. The van der Waals surface area contributed by atoms with E-state index >= 15 is 0 Å². The predicted octanol–water partition coefficient (Wildman–Crippen LogP) is 2.39. The van der Waals surface area contributed by atoms with Crippen LogP contribution in [-0.4, -0.2) is 67.3 Å². The molecular formula is C26H38N4O5. The maximum absolute atomic E-state index is 12.6. The Kier molecular flexibility index (Phi) is 10.7. The van der Waals surface area contributed by atoms with E-state index in [1.165, 1.54) is 0 Å². The molecule has 0 aromatic heterocycles. The molecule has 1 saturated carbocycles. The van der Waals surface area contributed by atoms with Gasteiger partial charge in [0.15, 0.2) is 0 Å². The van der Waals surface area contributed by atoms with Crippen molar-refractivity contribution in [3.05, 3.63) is 29.3 Å². The third-order valence-electron chi connectivity index (χ3n) is 6.77. The summed E-state index contributed by atoms with van der Waals surface area (Å²) in [6, 6.07) is 5.66. The maximum Gasteiger partial charge on any atom is 0.255 e. The van der Waals surface area contributed by atoms with Gasteiger partial charge in [0.1, 0.15) is 6.29 Å². The van der Waals surface area contributed by atoms with Crippen molar-refractivity contribution in [2.75, 3.05) is 25.1 Å². The summed E-state index contributed by atoms with van der Waals surface area (Å²) in [7, 11) is 0. The molecule has 1 heterocycles. The molecule has 1 aliphatic heterocycles. The molecule has 192 valence electrons. The third-order valence-corrected chi connectivity index (χ3v) is 6.77. The van der Waals surface area contributed by atoms with Crippen LogP contribution < -0.4 is 16.0 Å². The van der Waals surface area contributed by atoms with E-state index in [0.717, 1.165) is 63.3 Å². The zero-order valence-electron chi connectivity index (χ0n) is 20.6.